The lowest BCUT2D eigenvalue weighted by molar-refractivity contribution is -0.130. The standard InChI is InChI=1S/C20H22FN3O2/c1-2-19(25)24-12-17(14-6-5-7-15(21)10-14)18(13-24)20(26)23-11-16-8-3-4-9-22-16/h3-10,17-18H,2,11-13H2,1H3,(H,23,26)/t17-,18-/m1/s1. The van der Waals surface area contributed by atoms with Gasteiger partial charge in [0.2, 0.25) is 11.8 Å². The van der Waals surface area contributed by atoms with Crippen LogP contribution in [-0.2, 0) is 16.1 Å². The van der Waals surface area contributed by atoms with E-state index in [9.17, 15) is 14.0 Å². The van der Waals surface area contributed by atoms with Gasteiger partial charge in [0.15, 0.2) is 0 Å². The first-order chi connectivity index (χ1) is 12.6. The number of rotatable bonds is 5. The third-order valence-corrected chi connectivity index (χ3v) is 4.76. The summed E-state index contributed by atoms with van der Waals surface area (Å²) in [5.74, 6) is -1.10. The highest BCUT2D eigenvalue weighted by Crippen LogP contribution is 2.33. The van der Waals surface area contributed by atoms with Crippen LogP contribution in [0.4, 0.5) is 4.39 Å². The average molecular weight is 355 g/mol. The minimum atomic E-state index is -0.406. The first-order valence-corrected chi connectivity index (χ1v) is 8.79. The topological polar surface area (TPSA) is 62.3 Å². The predicted molar refractivity (Wildman–Crippen MR) is 95.6 cm³/mol. The van der Waals surface area contributed by atoms with E-state index < -0.39 is 5.92 Å². The van der Waals surface area contributed by atoms with E-state index in [1.807, 2.05) is 24.3 Å². The third kappa shape index (κ3) is 4.07. The second-order valence-electron chi connectivity index (χ2n) is 6.46. The first-order valence-electron chi connectivity index (χ1n) is 8.79. The SMILES string of the molecule is CCC(=O)N1C[C@H](c2cccc(F)c2)[C@H](C(=O)NCc2ccccn2)C1. The molecule has 1 N–H and O–H groups in total. The molecule has 136 valence electrons. The fourth-order valence-electron chi connectivity index (χ4n) is 3.38. The van der Waals surface area contributed by atoms with Crippen LogP contribution in [0.1, 0.15) is 30.5 Å². The number of benzene rings is 1. The number of carbonyl (C=O) groups excluding carboxylic acids is 2. The van der Waals surface area contributed by atoms with Crippen molar-refractivity contribution in [3.8, 4) is 0 Å². The lowest BCUT2D eigenvalue weighted by atomic mass is 9.88. The smallest absolute Gasteiger partial charge is 0.225 e. The molecule has 3 rings (SSSR count). The zero-order valence-electron chi connectivity index (χ0n) is 14.7. The number of nitrogens with one attached hydrogen (secondary N) is 1. The number of carbonyl (C=O) groups is 2. The molecule has 0 radical (unpaired) electrons. The Labute approximate surface area is 152 Å². The lowest BCUT2D eigenvalue weighted by Gasteiger charge is -2.18. The van der Waals surface area contributed by atoms with E-state index in [0.29, 0.717) is 26.1 Å². The fourth-order valence-corrected chi connectivity index (χ4v) is 3.38. The number of amides is 2. The van der Waals surface area contributed by atoms with Gasteiger partial charge in [-0.3, -0.25) is 14.6 Å². The van der Waals surface area contributed by atoms with Crippen LogP contribution >= 0.6 is 0 Å². The number of likely N-dealkylation sites (tertiary alicyclic amines) is 1. The summed E-state index contributed by atoms with van der Waals surface area (Å²) < 4.78 is 13.7. The van der Waals surface area contributed by atoms with E-state index in [2.05, 4.69) is 10.3 Å². The van der Waals surface area contributed by atoms with Gasteiger partial charge in [-0.15, -0.1) is 0 Å². The van der Waals surface area contributed by atoms with Crippen LogP contribution in [0, 0.1) is 11.7 Å². The predicted octanol–water partition coefficient (Wildman–Crippen LogP) is 2.49. The van der Waals surface area contributed by atoms with Crippen molar-refractivity contribution in [3.05, 3.63) is 65.7 Å². The van der Waals surface area contributed by atoms with Gasteiger partial charge in [-0.2, -0.15) is 0 Å². The van der Waals surface area contributed by atoms with Crippen molar-refractivity contribution in [1.82, 2.24) is 15.2 Å². The normalized spacial score (nSPS) is 19.4. The highest BCUT2D eigenvalue weighted by molar-refractivity contribution is 5.83. The van der Waals surface area contributed by atoms with E-state index in [1.54, 1.807) is 24.1 Å². The lowest BCUT2D eigenvalue weighted by Crippen LogP contribution is -2.35. The summed E-state index contributed by atoms with van der Waals surface area (Å²) in [6.45, 7) is 2.90. The van der Waals surface area contributed by atoms with Gasteiger partial charge in [-0.25, -0.2) is 4.39 Å². The number of nitrogens with zero attached hydrogens (tertiary/aromatic N) is 2. The zero-order chi connectivity index (χ0) is 18.5. The van der Waals surface area contributed by atoms with Crippen molar-refractivity contribution < 1.29 is 14.0 Å². The van der Waals surface area contributed by atoms with E-state index in [4.69, 9.17) is 0 Å². The van der Waals surface area contributed by atoms with Gasteiger partial charge in [-0.05, 0) is 29.8 Å². The van der Waals surface area contributed by atoms with Crippen LogP contribution in [0.25, 0.3) is 0 Å². The van der Waals surface area contributed by atoms with Gasteiger partial charge in [-0.1, -0.05) is 25.1 Å². The highest BCUT2D eigenvalue weighted by atomic mass is 19.1. The molecule has 5 nitrogen and oxygen atoms in total. The number of aromatic nitrogens is 1. The Balaban J connectivity index is 1.76. The Morgan fingerprint density at radius 1 is 1.23 bits per heavy atom. The quantitative estimate of drug-likeness (QED) is 0.896. The molecule has 0 saturated carbocycles. The van der Waals surface area contributed by atoms with Crippen molar-refractivity contribution in [3.63, 3.8) is 0 Å². The number of hydrogen-bond donors (Lipinski definition) is 1. The molecule has 2 heterocycles. The van der Waals surface area contributed by atoms with E-state index in [1.165, 1.54) is 12.1 Å². The maximum atomic E-state index is 13.7. The van der Waals surface area contributed by atoms with E-state index in [0.717, 1.165) is 11.3 Å². The third-order valence-electron chi connectivity index (χ3n) is 4.76. The van der Waals surface area contributed by atoms with Crippen LogP contribution in [0.2, 0.25) is 0 Å². The molecule has 0 aliphatic carbocycles. The zero-order valence-corrected chi connectivity index (χ0v) is 14.7. The first kappa shape index (κ1) is 18.0. The Kier molecular flexibility index (Phi) is 5.61. The van der Waals surface area contributed by atoms with Gasteiger partial charge < -0.3 is 10.2 Å². The van der Waals surface area contributed by atoms with Crippen LogP contribution in [0.3, 0.4) is 0 Å². The van der Waals surface area contributed by atoms with Crippen molar-refractivity contribution in [1.29, 1.82) is 0 Å². The maximum Gasteiger partial charge on any atom is 0.225 e. The van der Waals surface area contributed by atoms with Crippen molar-refractivity contribution in [2.45, 2.75) is 25.8 Å². The van der Waals surface area contributed by atoms with Gasteiger partial charge in [0, 0.05) is 31.6 Å². The molecule has 0 bridgehead atoms. The molecule has 0 spiro atoms. The molecule has 1 aliphatic rings. The summed E-state index contributed by atoms with van der Waals surface area (Å²) in [5, 5.41) is 2.90. The second kappa shape index (κ2) is 8.08. The summed E-state index contributed by atoms with van der Waals surface area (Å²) in [6.07, 6.45) is 2.06. The molecular formula is C20H22FN3O2. The summed E-state index contributed by atoms with van der Waals surface area (Å²) >= 11 is 0. The molecule has 1 aromatic carbocycles. The van der Waals surface area contributed by atoms with Crippen LogP contribution in [0.5, 0.6) is 0 Å². The van der Waals surface area contributed by atoms with E-state index >= 15 is 0 Å². The number of halogens is 1. The summed E-state index contributed by atoms with van der Waals surface area (Å²) in [5.41, 5.74) is 1.51. The summed E-state index contributed by atoms with van der Waals surface area (Å²) in [6, 6.07) is 11.8. The largest absolute Gasteiger partial charge is 0.350 e. The molecule has 1 aliphatic heterocycles. The van der Waals surface area contributed by atoms with Crippen LogP contribution < -0.4 is 5.32 Å². The Morgan fingerprint density at radius 3 is 2.77 bits per heavy atom. The molecule has 2 amide bonds. The molecule has 1 aromatic heterocycles. The number of hydrogen-bond acceptors (Lipinski definition) is 3. The molecular weight excluding hydrogens is 333 g/mol. The summed E-state index contributed by atoms with van der Waals surface area (Å²) in [4.78, 5) is 30.8. The minimum Gasteiger partial charge on any atom is -0.350 e. The van der Waals surface area contributed by atoms with Gasteiger partial charge >= 0.3 is 0 Å². The van der Waals surface area contributed by atoms with Crippen molar-refractivity contribution in [2.24, 2.45) is 5.92 Å². The summed E-state index contributed by atoms with van der Waals surface area (Å²) in [7, 11) is 0. The van der Waals surface area contributed by atoms with Gasteiger partial charge in [0.05, 0.1) is 18.2 Å². The Bertz CT molecular complexity index is 782. The van der Waals surface area contributed by atoms with Crippen molar-refractivity contribution in [2.75, 3.05) is 13.1 Å². The average Bonchev–Trinajstić information content (AvgIpc) is 3.12. The fraction of sp³-hybridized carbons (Fsp3) is 0.350. The van der Waals surface area contributed by atoms with Gasteiger partial charge in [0.25, 0.3) is 0 Å². The van der Waals surface area contributed by atoms with E-state index in [-0.39, 0.29) is 23.5 Å². The minimum absolute atomic E-state index is 0.00595. The Morgan fingerprint density at radius 2 is 2.08 bits per heavy atom. The molecule has 6 heteroatoms. The molecule has 2 aromatic rings. The molecule has 1 fully saturated rings. The van der Waals surface area contributed by atoms with Gasteiger partial charge in [0.1, 0.15) is 5.82 Å². The second-order valence-corrected chi connectivity index (χ2v) is 6.46. The molecule has 1 saturated heterocycles. The monoisotopic (exact) mass is 355 g/mol. The molecule has 26 heavy (non-hydrogen) atoms. The highest BCUT2D eigenvalue weighted by Gasteiger charge is 2.39. The Hall–Kier alpha value is -2.76. The molecule has 0 unspecified atom stereocenters. The number of pyridine rings is 1. The van der Waals surface area contributed by atoms with Crippen LogP contribution in [-0.4, -0.2) is 34.8 Å². The van der Waals surface area contributed by atoms with Crippen molar-refractivity contribution >= 4 is 11.8 Å². The molecule has 2 atom stereocenters. The maximum absolute atomic E-state index is 13.7. The van der Waals surface area contributed by atoms with Crippen LogP contribution in [0.15, 0.2) is 48.7 Å².